The van der Waals surface area contributed by atoms with Crippen LogP contribution >= 0.6 is 0 Å². The van der Waals surface area contributed by atoms with Gasteiger partial charge in [0.15, 0.2) is 11.5 Å². The molecule has 3 aliphatic rings. The summed E-state index contributed by atoms with van der Waals surface area (Å²) in [5.74, 6) is 2.95. The number of aliphatic imine (C=N–C) groups is 1. The molecule has 1 N–H and O–H groups in total. The highest BCUT2D eigenvalue weighted by Crippen LogP contribution is 2.34. The number of fused-ring (bicyclic) bond motifs is 1. The van der Waals surface area contributed by atoms with Crippen LogP contribution in [-0.2, 0) is 11.2 Å². The van der Waals surface area contributed by atoms with Crippen LogP contribution < -0.4 is 14.8 Å². The number of likely N-dealkylation sites (tertiary alicyclic amines) is 1. The molecule has 146 valence electrons. The minimum atomic E-state index is -0.559. The van der Waals surface area contributed by atoms with E-state index in [9.17, 15) is 4.79 Å². The van der Waals surface area contributed by atoms with E-state index in [4.69, 9.17) is 14.5 Å². The van der Waals surface area contributed by atoms with Gasteiger partial charge in [-0.15, -0.1) is 0 Å². The fourth-order valence-electron chi connectivity index (χ4n) is 4.13. The molecule has 3 aliphatic heterocycles. The number of hydrogen-bond donors (Lipinski definition) is 1. The summed E-state index contributed by atoms with van der Waals surface area (Å²) in [6.07, 6.45) is 2.57. The Bertz CT molecular complexity index is 754. The predicted octanol–water partition coefficient (Wildman–Crippen LogP) is 1.48. The number of hydrogen-bond acceptors (Lipinski definition) is 6. The van der Waals surface area contributed by atoms with Crippen LogP contribution in [-0.4, -0.2) is 67.7 Å². The van der Waals surface area contributed by atoms with Crippen LogP contribution in [0.4, 0.5) is 0 Å². The van der Waals surface area contributed by atoms with E-state index in [0.29, 0.717) is 18.7 Å². The normalized spacial score (nSPS) is 21.9. The van der Waals surface area contributed by atoms with E-state index >= 15 is 0 Å². The molecule has 0 saturated carbocycles. The Morgan fingerprint density at radius 2 is 2.00 bits per heavy atom. The summed E-state index contributed by atoms with van der Waals surface area (Å²) in [6, 6.07) is 6.20. The second kappa shape index (κ2) is 7.03. The fraction of sp³-hybridized carbons (Fsp3) is 0.600. The van der Waals surface area contributed by atoms with Gasteiger partial charge in [0.2, 0.25) is 12.8 Å². The Balaban J connectivity index is 1.31. The van der Waals surface area contributed by atoms with Crippen LogP contribution in [0.25, 0.3) is 0 Å². The van der Waals surface area contributed by atoms with Gasteiger partial charge in [-0.05, 0) is 42.9 Å². The number of guanidine groups is 1. The van der Waals surface area contributed by atoms with Crippen LogP contribution in [0.3, 0.4) is 0 Å². The van der Waals surface area contributed by atoms with Gasteiger partial charge in [0.1, 0.15) is 5.54 Å². The standard InChI is InChI=1S/C20H28N4O3/c1-14(10-15-4-5-16-17(11-15)27-13-26-16)12-24-8-6-20(7-9-24)18(25)21-19(22-20)23(2)3/h4-5,11,14H,6-10,12-13H2,1-3H3,(H,21,22,25). The zero-order valence-corrected chi connectivity index (χ0v) is 16.3. The maximum absolute atomic E-state index is 12.4. The Labute approximate surface area is 160 Å². The predicted molar refractivity (Wildman–Crippen MR) is 103 cm³/mol. The number of ether oxygens (including phenoxy) is 2. The Hall–Kier alpha value is -2.28. The van der Waals surface area contributed by atoms with E-state index in [-0.39, 0.29) is 5.91 Å². The summed E-state index contributed by atoms with van der Waals surface area (Å²) in [6.45, 7) is 5.43. The van der Waals surface area contributed by atoms with Gasteiger partial charge in [0.05, 0.1) is 0 Å². The summed E-state index contributed by atoms with van der Waals surface area (Å²) in [7, 11) is 3.82. The lowest BCUT2D eigenvalue weighted by atomic mass is 9.87. The van der Waals surface area contributed by atoms with Crippen molar-refractivity contribution >= 4 is 11.9 Å². The molecule has 0 aliphatic carbocycles. The number of benzene rings is 1. The average Bonchev–Trinajstić information content (AvgIpc) is 3.22. The summed E-state index contributed by atoms with van der Waals surface area (Å²) in [5.41, 5.74) is 0.715. The first kappa shape index (κ1) is 18.1. The molecule has 0 radical (unpaired) electrons. The monoisotopic (exact) mass is 372 g/mol. The molecule has 3 heterocycles. The summed E-state index contributed by atoms with van der Waals surface area (Å²) >= 11 is 0. The number of piperidine rings is 1. The molecule has 7 nitrogen and oxygen atoms in total. The lowest BCUT2D eigenvalue weighted by molar-refractivity contribution is -0.125. The molecule has 1 fully saturated rings. The fourth-order valence-corrected chi connectivity index (χ4v) is 4.13. The molecule has 4 rings (SSSR count). The minimum absolute atomic E-state index is 0.0549. The number of amides is 1. The molecule has 1 aromatic rings. The smallest absolute Gasteiger partial charge is 0.254 e. The van der Waals surface area contributed by atoms with Crippen LogP contribution in [0, 0.1) is 5.92 Å². The number of nitrogens with zero attached hydrogens (tertiary/aromatic N) is 3. The number of carbonyl (C=O) groups is 1. The first-order chi connectivity index (χ1) is 12.9. The molecule has 27 heavy (non-hydrogen) atoms. The zero-order valence-electron chi connectivity index (χ0n) is 16.3. The van der Waals surface area contributed by atoms with Crippen LogP contribution in [0.5, 0.6) is 11.5 Å². The number of nitrogens with one attached hydrogen (secondary N) is 1. The van der Waals surface area contributed by atoms with Crippen molar-refractivity contribution in [3.8, 4) is 11.5 Å². The Morgan fingerprint density at radius 1 is 1.26 bits per heavy atom. The molecule has 0 bridgehead atoms. The van der Waals surface area contributed by atoms with Crippen molar-refractivity contribution in [1.82, 2.24) is 15.1 Å². The molecular formula is C20H28N4O3. The van der Waals surface area contributed by atoms with Gasteiger partial charge in [0, 0.05) is 33.7 Å². The second-order valence-corrected chi connectivity index (χ2v) is 8.11. The van der Waals surface area contributed by atoms with Gasteiger partial charge in [0.25, 0.3) is 5.91 Å². The third-order valence-electron chi connectivity index (χ3n) is 5.67. The molecule has 1 spiro atoms. The minimum Gasteiger partial charge on any atom is -0.454 e. The zero-order chi connectivity index (χ0) is 19.0. The largest absolute Gasteiger partial charge is 0.454 e. The van der Waals surface area contributed by atoms with Crippen molar-refractivity contribution in [2.45, 2.75) is 31.7 Å². The van der Waals surface area contributed by atoms with E-state index < -0.39 is 5.54 Å². The molecule has 1 unspecified atom stereocenters. The maximum Gasteiger partial charge on any atom is 0.254 e. The lowest BCUT2D eigenvalue weighted by Gasteiger charge is -2.36. The molecule has 1 amide bonds. The van der Waals surface area contributed by atoms with E-state index in [0.717, 1.165) is 50.4 Å². The molecule has 7 heteroatoms. The van der Waals surface area contributed by atoms with Crippen LogP contribution in [0.1, 0.15) is 25.3 Å². The highest BCUT2D eigenvalue weighted by molar-refractivity contribution is 6.07. The van der Waals surface area contributed by atoms with Crippen molar-refractivity contribution in [3.05, 3.63) is 23.8 Å². The van der Waals surface area contributed by atoms with Crippen molar-refractivity contribution in [1.29, 1.82) is 0 Å². The van der Waals surface area contributed by atoms with E-state index in [1.54, 1.807) is 0 Å². The number of rotatable bonds is 4. The van der Waals surface area contributed by atoms with Gasteiger partial charge in [-0.1, -0.05) is 13.0 Å². The summed E-state index contributed by atoms with van der Waals surface area (Å²) in [5, 5.41) is 2.92. The Morgan fingerprint density at radius 3 is 2.70 bits per heavy atom. The summed E-state index contributed by atoms with van der Waals surface area (Å²) in [4.78, 5) is 21.5. The topological polar surface area (TPSA) is 66.4 Å². The van der Waals surface area contributed by atoms with Crippen molar-refractivity contribution in [3.63, 3.8) is 0 Å². The molecule has 1 aromatic carbocycles. The first-order valence-electron chi connectivity index (χ1n) is 9.65. The number of carbonyl (C=O) groups excluding carboxylic acids is 1. The highest BCUT2D eigenvalue weighted by Gasteiger charge is 2.46. The molecule has 1 saturated heterocycles. The van der Waals surface area contributed by atoms with Gasteiger partial charge in [-0.25, -0.2) is 4.99 Å². The Kier molecular flexibility index (Phi) is 4.72. The second-order valence-electron chi connectivity index (χ2n) is 8.11. The average molecular weight is 372 g/mol. The van der Waals surface area contributed by atoms with Crippen LogP contribution in [0.2, 0.25) is 0 Å². The maximum atomic E-state index is 12.4. The lowest BCUT2D eigenvalue weighted by Crippen LogP contribution is -2.50. The van der Waals surface area contributed by atoms with E-state index in [1.807, 2.05) is 25.1 Å². The SMILES string of the molecule is CC(Cc1ccc2c(c1)OCO2)CN1CCC2(CC1)N=C(N(C)C)NC2=O. The quantitative estimate of drug-likeness (QED) is 0.867. The van der Waals surface area contributed by atoms with Gasteiger partial charge in [-0.3, -0.25) is 10.1 Å². The van der Waals surface area contributed by atoms with Crippen LogP contribution in [0.15, 0.2) is 23.2 Å². The highest BCUT2D eigenvalue weighted by atomic mass is 16.7. The first-order valence-corrected chi connectivity index (χ1v) is 9.65. The molecule has 1 atom stereocenters. The van der Waals surface area contributed by atoms with Gasteiger partial charge in [-0.2, -0.15) is 0 Å². The van der Waals surface area contributed by atoms with Gasteiger partial charge >= 0.3 is 0 Å². The molecule has 0 aromatic heterocycles. The summed E-state index contributed by atoms with van der Waals surface area (Å²) < 4.78 is 10.9. The van der Waals surface area contributed by atoms with Crippen molar-refractivity contribution in [2.24, 2.45) is 10.9 Å². The van der Waals surface area contributed by atoms with E-state index in [2.05, 4.69) is 29.3 Å². The third-order valence-corrected chi connectivity index (χ3v) is 5.67. The third kappa shape index (κ3) is 3.60. The van der Waals surface area contributed by atoms with Crippen molar-refractivity contribution < 1.29 is 14.3 Å². The molecular weight excluding hydrogens is 344 g/mol. The van der Waals surface area contributed by atoms with Gasteiger partial charge < -0.3 is 19.3 Å². The van der Waals surface area contributed by atoms with Crippen molar-refractivity contribution in [2.75, 3.05) is 40.5 Å². The van der Waals surface area contributed by atoms with E-state index in [1.165, 1.54) is 5.56 Å².